The molecule has 1 aromatic heterocycles. The second-order valence-electron chi connectivity index (χ2n) is 5.04. The van der Waals surface area contributed by atoms with Gasteiger partial charge >= 0.3 is 6.09 Å². The number of aliphatic hydroxyl groups is 1. The Kier molecular flexibility index (Phi) is 4.67. The van der Waals surface area contributed by atoms with Gasteiger partial charge in [-0.3, -0.25) is 4.98 Å². The lowest BCUT2D eigenvalue weighted by molar-refractivity contribution is 0.0154. The molecule has 1 heterocycles. The highest BCUT2D eigenvalue weighted by Crippen LogP contribution is 2.19. The number of amides is 1. The number of likely N-dealkylation sites (N-methyl/N-ethyl adjacent to an activating group) is 1. The summed E-state index contributed by atoms with van der Waals surface area (Å²) in [6.45, 7) is 5.20. The van der Waals surface area contributed by atoms with Crippen LogP contribution in [0.2, 0.25) is 0 Å². The summed E-state index contributed by atoms with van der Waals surface area (Å²) in [5.41, 5.74) is 0.0727. The third kappa shape index (κ3) is 4.00. The molecule has 1 N–H and O–H groups in total. The Bertz CT molecular complexity index is 387. The molecule has 0 aliphatic heterocycles. The predicted octanol–water partition coefficient (Wildman–Crippen LogP) is 1.98. The maximum atomic E-state index is 11.9. The molecule has 100 valence electrons. The van der Waals surface area contributed by atoms with E-state index in [-0.39, 0.29) is 6.61 Å². The fraction of sp³-hybridized carbons (Fsp3) is 0.538. The molecule has 5 nitrogen and oxygen atoms in total. The summed E-state index contributed by atoms with van der Waals surface area (Å²) < 4.78 is 5.25. The number of aliphatic hydroxyl groups excluding tert-OH is 1. The van der Waals surface area contributed by atoms with Crippen molar-refractivity contribution in [2.24, 2.45) is 0 Å². The molecular formula is C13H20N2O3. The van der Waals surface area contributed by atoms with Crippen molar-refractivity contribution in [3.8, 4) is 0 Å². The summed E-state index contributed by atoms with van der Waals surface area (Å²) in [5, 5.41) is 9.41. The van der Waals surface area contributed by atoms with Gasteiger partial charge in [-0.05, 0) is 32.9 Å². The molecule has 0 bridgehead atoms. The van der Waals surface area contributed by atoms with Crippen LogP contribution >= 0.6 is 0 Å². The minimum Gasteiger partial charge on any atom is -0.444 e. The van der Waals surface area contributed by atoms with E-state index in [9.17, 15) is 9.90 Å². The lowest BCUT2D eigenvalue weighted by Crippen LogP contribution is -2.38. The number of aromatic nitrogens is 1. The van der Waals surface area contributed by atoms with Crippen LogP contribution in [0.5, 0.6) is 0 Å². The summed E-state index contributed by atoms with van der Waals surface area (Å²) in [7, 11) is 1.59. The van der Waals surface area contributed by atoms with Crippen LogP contribution in [0.1, 0.15) is 32.5 Å². The topological polar surface area (TPSA) is 62.7 Å². The zero-order chi connectivity index (χ0) is 13.8. The molecule has 0 aliphatic carbocycles. The van der Waals surface area contributed by atoms with Gasteiger partial charge in [-0.25, -0.2) is 4.79 Å². The predicted molar refractivity (Wildman–Crippen MR) is 68.1 cm³/mol. The van der Waals surface area contributed by atoms with Crippen LogP contribution in [-0.4, -0.2) is 40.3 Å². The molecule has 0 saturated heterocycles. The molecule has 1 aromatic rings. The van der Waals surface area contributed by atoms with Crippen LogP contribution in [0, 0.1) is 0 Å². The van der Waals surface area contributed by atoms with Crippen molar-refractivity contribution in [2.75, 3.05) is 13.7 Å². The summed E-state index contributed by atoms with van der Waals surface area (Å²) >= 11 is 0. The minimum atomic E-state index is -0.560. The van der Waals surface area contributed by atoms with Crippen LogP contribution in [0.3, 0.4) is 0 Å². The van der Waals surface area contributed by atoms with Crippen LogP contribution in [0.15, 0.2) is 24.4 Å². The van der Waals surface area contributed by atoms with E-state index in [1.807, 2.05) is 6.07 Å². The molecule has 1 atom stereocenters. The van der Waals surface area contributed by atoms with Crippen molar-refractivity contribution in [3.63, 3.8) is 0 Å². The number of rotatable bonds is 3. The molecule has 0 fully saturated rings. The van der Waals surface area contributed by atoms with Crippen molar-refractivity contribution in [1.82, 2.24) is 9.88 Å². The lowest BCUT2D eigenvalue weighted by atomic mass is 10.2. The third-order valence-electron chi connectivity index (χ3n) is 2.35. The molecule has 1 unspecified atom stereocenters. The number of carbonyl (C=O) groups excluding carboxylic acids is 1. The summed E-state index contributed by atoms with van der Waals surface area (Å²) in [6, 6.07) is 4.86. The van der Waals surface area contributed by atoms with Crippen molar-refractivity contribution < 1.29 is 14.6 Å². The Morgan fingerprint density at radius 2 is 2.17 bits per heavy atom. The monoisotopic (exact) mass is 252 g/mol. The summed E-state index contributed by atoms with van der Waals surface area (Å²) in [4.78, 5) is 17.4. The Balaban J connectivity index is 2.80. The standard InChI is InChI=1S/C13H20N2O3/c1-13(2,3)18-12(17)15(4)11(9-16)10-7-5-6-8-14-10/h5-8,11,16H,9H2,1-4H3. The van der Waals surface area contributed by atoms with Gasteiger partial charge in [0.1, 0.15) is 11.6 Å². The van der Waals surface area contributed by atoms with Gasteiger partial charge in [0.15, 0.2) is 0 Å². The maximum Gasteiger partial charge on any atom is 0.410 e. The van der Waals surface area contributed by atoms with Crippen LogP contribution in [0.4, 0.5) is 4.79 Å². The highest BCUT2D eigenvalue weighted by molar-refractivity contribution is 5.68. The SMILES string of the molecule is CN(C(=O)OC(C)(C)C)C(CO)c1ccccn1. The Labute approximate surface area is 107 Å². The molecule has 0 aliphatic rings. The second-order valence-corrected chi connectivity index (χ2v) is 5.04. The Morgan fingerprint density at radius 1 is 1.50 bits per heavy atom. The lowest BCUT2D eigenvalue weighted by Gasteiger charge is -2.29. The Hall–Kier alpha value is -1.62. The first-order valence-corrected chi connectivity index (χ1v) is 5.83. The fourth-order valence-corrected chi connectivity index (χ4v) is 1.45. The zero-order valence-corrected chi connectivity index (χ0v) is 11.3. The number of hydrogen-bond donors (Lipinski definition) is 1. The average molecular weight is 252 g/mol. The number of nitrogens with zero attached hydrogens (tertiary/aromatic N) is 2. The van der Waals surface area contributed by atoms with Gasteiger partial charge in [0, 0.05) is 13.2 Å². The van der Waals surface area contributed by atoms with Gasteiger partial charge in [0.25, 0.3) is 0 Å². The van der Waals surface area contributed by atoms with Crippen molar-refractivity contribution in [3.05, 3.63) is 30.1 Å². The summed E-state index contributed by atoms with van der Waals surface area (Å²) in [6.07, 6.45) is 1.15. The highest BCUT2D eigenvalue weighted by atomic mass is 16.6. The largest absolute Gasteiger partial charge is 0.444 e. The van der Waals surface area contributed by atoms with Gasteiger partial charge in [-0.1, -0.05) is 6.07 Å². The molecule has 0 aromatic carbocycles. The smallest absolute Gasteiger partial charge is 0.410 e. The van der Waals surface area contributed by atoms with Gasteiger partial charge in [0.2, 0.25) is 0 Å². The first-order valence-electron chi connectivity index (χ1n) is 5.83. The summed E-state index contributed by atoms with van der Waals surface area (Å²) in [5.74, 6) is 0. The van der Waals surface area contributed by atoms with E-state index in [2.05, 4.69) is 4.98 Å². The number of hydrogen-bond acceptors (Lipinski definition) is 4. The van der Waals surface area contributed by atoms with Crippen molar-refractivity contribution >= 4 is 6.09 Å². The van der Waals surface area contributed by atoms with Gasteiger partial charge in [-0.15, -0.1) is 0 Å². The Morgan fingerprint density at radius 3 is 2.61 bits per heavy atom. The zero-order valence-electron chi connectivity index (χ0n) is 11.3. The molecule has 0 radical (unpaired) electrons. The third-order valence-corrected chi connectivity index (χ3v) is 2.35. The van der Waals surface area contributed by atoms with E-state index < -0.39 is 17.7 Å². The van der Waals surface area contributed by atoms with E-state index in [1.165, 1.54) is 4.90 Å². The molecule has 0 spiro atoms. The number of carbonyl (C=O) groups is 1. The van der Waals surface area contributed by atoms with E-state index in [4.69, 9.17) is 4.74 Å². The minimum absolute atomic E-state index is 0.202. The number of pyridine rings is 1. The van der Waals surface area contributed by atoms with E-state index in [1.54, 1.807) is 46.1 Å². The van der Waals surface area contributed by atoms with Gasteiger partial charge < -0.3 is 14.7 Å². The maximum absolute atomic E-state index is 11.9. The van der Waals surface area contributed by atoms with Crippen LogP contribution in [-0.2, 0) is 4.74 Å². The molecular weight excluding hydrogens is 232 g/mol. The van der Waals surface area contributed by atoms with E-state index >= 15 is 0 Å². The van der Waals surface area contributed by atoms with Gasteiger partial charge in [-0.2, -0.15) is 0 Å². The average Bonchev–Trinajstić information content (AvgIpc) is 2.29. The normalized spacial score (nSPS) is 12.9. The molecule has 1 amide bonds. The fourth-order valence-electron chi connectivity index (χ4n) is 1.45. The first kappa shape index (κ1) is 14.4. The quantitative estimate of drug-likeness (QED) is 0.893. The molecule has 5 heteroatoms. The van der Waals surface area contributed by atoms with Gasteiger partial charge in [0.05, 0.1) is 12.3 Å². The van der Waals surface area contributed by atoms with E-state index in [0.29, 0.717) is 5.69 Å². The molecule has 18 heavy (non-hydrogen) atoms. The van der Waals surface area contributed by atoms with Crippen LogP contribution in [0.25, 0.3) is 0 Å². The van der Waals surface area contributed by atoms with Crippen molar-refractivity contribution in [1.29, 1.82) is 0 Å². The number of ether oxygens (including phenoxy) is 1. The van der Waals surface area contributed by atoms with E-state index in [0.717, 1.165) is 0 Å². The molecule has 1 rings (SSSR count). The van der Waals surface area contributed by atoms with Crippen LogP contribution < -0.4 is 0 Å². The second kappa shape index (κ2) is 5.82. The molecule has 0 saturated carbocycles. The van der Waals surface area contributed by atoms with Crippen molar-refractivity contribution in [2.45, 2.75) is 32.4 Å². The first-order chi connectivity index (χ1) is 8.35. The highest BCUT2D eigenvalue weighted by Gasteiger charge is 2.26.